The van der Waals surface area contributed by atoms with E-state index < -0.39 is 17.5 Å². The molecule has 0 radical (unpaired) electrons. The second-order valence-electron chi connectivity index (χ2n) is 6.24. The fourth-order valence-corrected chi connectivity index (χ4v) is 3.16. The molecule has 0 unspecified atom stereocenters. The Morgan fingerprint density at radius 3 is 2.52 bits per heavy atom. The van der Waals surface area contributed by atoms with Crippen molar-refractivity contribution in [3.63, 3.8) is 0 Å². The van der Waals surface area contributed by atoms with E-state index in [2.05, 4.69) is 5.32 Å². The molecule has 1 spiro atoms. The predicted molar refractivity (Wildman–Crippen MR) is 85.0 cm³/mol. The number of ether oxygens (including phenoxy) is 2. The normalized spacial score (nSPS) is 20.0. The minimum atomic E-state index is -4.37. The van der Waals surface area contributed by atoms with E-state index in [9.17, 15) is 18.0 Å². The molecule has 1 N–H and O–H groups in total. The van der Waals surface area contributed by atoms with Crippen LogP contribution in [0.2, 0.25) is 0 Å². The molecule has 25 heavy (non-hydrogen) atoms. The van der Waals surface area contributed by atoms with E-state index >= 15 is 0 Å². The summed E-state index contributed by atoms with van der Waals surface area (Å²) in [5.41, 5.74) is -0.352. The minimum Gasteiger partial charge on any atom is -0.385 e. The number of rotatable bonds is 4. The van der Waals surface area contributed by atoms with E-state index in [1.807, 2.05) is 0 Å². The average molecular weight is 358 g/mol. The van der Waals surface area contributed by atoms with Crippen LogP contribution in [0.1, 0.15) is 24.8 Å². The highest BCUT2D eigenvalue weighted by atomic mass is 19.4. The Hall–Kier alpha value is -1.80. The van der Waals surface area contributed by atoms with Gasteiger partial charge in [-0.3, -0.25) is 4.79 Å². The van der Waals surface area contributed by atoms with Gasteiger partial charge >= 0.3 is 6.18 Å². The molecule has 2 aliphatic rings. The summed E-state index contributed by atoms with van der Waals surface area (Å²) >= 11 is 0. The van der Waals surface area contributed by atoms with Crippen molar-refractivity contribution in [2.45, 2.75) is 31.2 Å². The minimum absolute atomic E-state index is 0.0210. The molecule has 0 bridgehead atoms. The van der Waals surface area contributed by atoms with Crippen LogP contribution in [0.25, 0.3) is 0 Å². The van der Waals surface area contributed by atoms with Gasteiger partial charge in [-0.2, -0.15) is 13.2 Å². The summed E-state index contributed by atoms with van der Waals surface area (Å²) < 4.78 is 49.3. The van der Waals surface area contributed by atoms with Gasteiger partial charge in [0.15, 0.2) is 5.79 Å². The number of amides is 1. The zero-order valence-corrected chi connectivity index (χ0v) is 13.8. The number of benzene rings is 1. The molecule has 0 aromatic heterocycles. The summed E-state index contributed by atoms with van der Waals surface area (Å²) in [6, 6.07) is 4.97. The SMILES string of the molecule is O=C(CCNc1cccc(C(F)(F)F)c1)N1CCC2(CC1)OCCO2. The monoisotopic (exact) mass is 358 g/mol. The highest BCUT2D eigenvalue weighted by Crippen LogP contribution is 2.32. The number of nitrogens with one attached hydrogen (secondary N) is 1. The number of carbonyl (C=O) groups excluding carboxylic acids is 1. The molecule has 3 rings (SSSR count). The molecule has 8 heteroatoms. The molecule has 2 aliphatic heterocycles. The highest BCUT2D eigenvalue weighted by Gasteiger charge is 2.40. The quantitative estimate of drug-likeness (QED) is 0.899. The van der Waals surface area contributed by atoms with E-state index in [1.165, 1.54) is 6.07 Å². The maximum absolute atomic E-state index is 12.7. The lowest BCUT2D eigenvalue weighted by Gasteiger charge is -2.37. The Labute approximate surface area is 144 Å². The lowest BCUT2D eigenvalue weighted by Crippen LogP contribution is -2.47. The molecule has 1 aromatic carbocycles. The summed E-state index contributed by atoms with van der Waals surface area (Å²) in [7, 11) is 0. The second-order valence-corrected chi connectivity index (χ2v) is 6.24. The van der Waals surface area contributed by atoms with Crippen LogP contribution < -0.4 is 5.32 Å². The van der Waals surface area contributed by atoms with Gasteiger partial charge in [0.05, 0.1) is 18.8 Å². The maximum atomic E-state index is 12.7. The fourth-order valence-electron chi connectivity index (χ4n) is 3.16. The number of anilines is 1. The van der Waals surface area contributed by atoms with Crippen molar-refractivity contribution in [1.29, 1.82) is 0 Å². The molecule has 0 saturated carbocycles. The summed E-state index contributed by atoms with van der Waals surface area (Å²) in [6.07, 6.45) is -2.84. The van der Waals surface area contributed by atoms with Crippen LogP contribution in [0.15, 0.2) is 24.3 Å². The first kappa shape index (κ1) is 18.0. The largest absolute Gasteiger partial charge is 0.416 e. The number of hydrogen-bond donors (Lipinski definition) is 1. The van der Waals surface area contributed by atoms with Gasteiger partial charge in [0.2, 0.25) is 5.91 Å². The van der Waals surface area contributed by atoms with Gasteiger partial charge in [-0.15, -0.1) is 0 Å². The molecular formula is C17H21F3N2O3. The van der Waals surface area contributed by atoms with E-state index in [0.717, 1.165) is 12.1 Å². The van der Waals surface area contributed by atoms with Gasteiger partial charge in [-0.05, 0) is 18.2 Å². The van der Waals surface area contributed by atoms with E-state index in [0.29, 0.717) is 44.8 Å². The number of alkyl halides is 3. The maximum Gasteiger partial charge on any atom is 0.416 e. The summed E-state index contributed by atoms with van der Waals surface area (Å²) in [5, 5.41) is 2.88. The van der Waals surface area contributed by atoms with E-state index in [-0.39, 0.29) is 18.9 Å². The van der Waals surface area contributed by atoms with E-state index in [4.69, 9.17) is 9.47 Å². The first-order valence-corrected chi connectivity index (χ1v) is 8.35. The van der Waals surface area contributed by atoms with Gasteiger partial charge in [0, 0.05) is 44.6 Å². The van der Waals surface area contributed by atoms with Crippen LogP contribution in [0.5, 0.6) is 0 Å². The van der Waals surface area contributed by atoms with Crippen LogP contribution in [-0.4, -0.2) is 49.4 Å². The Morgan fingerprint density at radius 2 is 1.88 bits per heavy atom. The number of likely N-dealkylation sites (tertiary alicyclic amines) is 1. The smallest absolute Gasteiger partial charge is 0.385 e. The van der Waals surface area contributed by atoms with Crippen molar-refractivity contribution in [3.8, 4) is 0 Å². The number of piperidine rings is 1. The lowest BCUT2D eigenvalue weighted by molar-refractivity contribution is -0.187. The average Bonchev–Trinajstić information content (AvgIpc) is 3.03. The van der Waals surface area contributed by atoms with Crippen molar-refractivity contribution in [1.82, 2.24) is 4.90 Å². The zero-order chi connectivity index (χ0) is 17.9. The van der Waals surface area contributed by atoms with Crippen molar-refractivity contribution in [2.75, 3.05) is 38.2 Å². The van der Waals surface area contributed by atoms with Gasteiger partial charge in [-0.1, -0.05) is 6.07 Å². The predicted octanol–water partition coefficient (Wildman–Crippen LogP) is 2.87. The first-order chi connectivity index (χ1) is 11.9. The molecule has 138 valence electrons. The summed E-state index contributed by atoms with van der Waals surface area (Å²) in [4.78, 5) is 14.0. The molecule has 2 heterocycles. The van der Waals surface area contributed by atoms with Crippen molar-refractivity contribution < 1.29 is 27.4 Å². The van der Waals surface area contributed by atoms with Crippen LogP contribution >= 0.6 is 0 Å². The molecule has 2 fully saturated rings. The van der Waals surface area contributed by atoms with Gasteiger partial charge < -0.3 is 19.7 Å². The number of halogens is 3. The van der Waals surface area contributed by atoms with Gasteiger partial charge in [-0.25, -0.2) is 0 Å². The molecule has 1 aromatic rings. The number of carbonyl (C=O) groups is 1. The van der Waals surface area contributed by atoms with Crippen molar-refractivity contribution in [2.24, 2.45) is 0 Å². The van der Waals surface area contributed by atoms with Crippen molar-refractivity contribution >= 4 is 11.6 Å². The molecular weight excluding hydrogens is 337 g/mol. The second kappa shape index (κ2) is 7.21. The van der Waals surface area contributed by atoms with Crippen LogP contribution in [0.3, 0.4) is 0 Å². The molecule has 1 amide bonds. The van der Waals surface area contributed by atoms with E-state index in [1.54, 1.807) is 11.0 Å². The first-order valence-electron chi connectivity index (χ1n) is 8.35. The van der Waals surface area contributed by atoms with Gasteiger partial charge in [0.25, 0.3) is 0 Å². The molecule has 0 aliphatic carbocycles. The van der Waals surface area contributed by atoms with Crippen LogP contribution in [0.4, 0.5) is 18.9 Å². The van der Waals surface area contributed by atoms with Crippen molar-refractivity contribution in [3.05, 3.63) is 29.8 Å². The third kappa shape index (κ3) is 4.43. The Bertz CT molecular complexity index is 605. The third-order valence-corrected chi connectivity index (χ3v) is 4.55. The third-order valence-electron chi connectivity index (χ3n) is 4.55. The zero-order valence-electron chi connectivity index (χ0n) is 13.8. The number of hydrogen-bond acceptors (Lipinski definition) is 4. The molecule has 0 atom stereocenters. The topological polar surface area (TPSA) is 50.8 Å². The summed E-state index contributed by atoms with van der Waals surface area (Å²) in [5.74, 6) is -0.542. The summed E-state index contributed by atoms with van der Waals surface area (Å²) in [6.45, 7) is 2.61. The fraction of sp³-hybridized carbons (Fsp3) is 0.588. The Morgan fingerprint density at radius 1 is 1.20 bits per heavy atom. The Balaban J connectivity index is 1.44. The van der Waals surface area contributed by atoms with Crippen LogP contribution in [0, 0.1) is 0 Å². The van der Waals surface area contributed by atoms with Gasteiger partial charge in [0.1, 0.15) is 0 Å². The lowest BCUT2D eigenvalue weighted by atomic mass is 10.0. The highest BCUT2D eigenvalue weighted by molar-refractivity contribution is 5.76. The molecule has 5 nitrogen and oxygen atoms in total. The number of nitrogens with zero attached hydrogens (tertiary/aromatic N) is 1. The molecule has 2 saturated heterocycles. The standard InChI is InChI=1S/C17H21F3N2O3/c18-17(19,20)13-2-1-3-14(12-13)21-7-4-15(23)22-8-5-16(6-9-22)24-10-11-25-16/h1-3,12,21H,4-11H2. The van der Waals surface area contributed by atoms with Crippen LogP contribution in [-0.2, 0) is 20.4 Å². The Kier molecular flexibility index (Phi) is 5.19.